The smallest absolute Gasteiger partial charge is 0.230 e. The van der Waals surface area contributed by atoms with Crippen LogP contribution in [0, 0.1) is 13.8 Å². The van der Waals surface area contributed by atoms with Crippen LogP contribution >= 0.6 is 11.3 Å². The van der Waals surface area contributed by atoms with Gasteiger partial charge in [0.25, 0.3) is 0 Å². The minimum Gasteiger partial charge on any atom is -0.495 e. The molecule has 0 atom stereocenters. The Morgan fingerprint density at radius 2 is 1.88 bits per heavy atom. The number of ether oxygens (including phenoxy) is 1. The number of piperidine rings is 1. The number of hydrogen-bond acceptors (Lipinski definition) is 8. The first kappa shape index (κ1) is 23.2. The molecule has 8 heteroatoms. The van der Waals surface area contributed by atoms with Gasteiger partial charge in [0.2, 0.25) is 5.95 Å². The number of nitrogens with zero attached hydrogens (tertiary/aromatic N) is 4. The molecule has 3 heterocycles. The fourth-order valence-electron chi connectivity index (χ4n) is 4.76. The van der Waals surface area contributed by atoms with E-state index in [0.29, 0.717) is 12.0 Å². The number of fused-ring (bicyclic) bond motifs is 1. The summed E-state index contributed by atoms with van der Waals surface area (Å²) in [5, 5.41) is 8.27. The van der Waals surface area contributed by atoms with Crippen molar-refractivity contribution in [3.05, 3.63) is 28.6 Å². The molecule has 0 amide bonds. The van der Waals surface area contributed by atoms with Gasteiger partial charge >= 0.3 is 0 Å². The predicted molar refractivity (Wildman–Crippen MR) is 143 cm³/mol. The molecule has 34 heavy (non-hydrogen) atoms. The van der Waals surface area contributed by atoms with Crippen molar-refractivity contribution >= 4 is 44.7 Å². The highest BCUT2D eigenvalue weighted by molar-refractivity contribution is 7.18. The van der Waals surface area contributed by atoms with Gasteiger partial charge in [0.15, 0.2) is 0 Å². The first-order valence-corrected chi connectivity index (χ1v) is 13.0. The summed E-state index contributed by atoms with van der Waals surface area (Å²) in [7, 11) is 6.09. The molecule has 2 aliphatic rings. The van der Waals surface area contributed by atoms with Crippen molar-refractivity contribution in [2.45, 2.75) is 58.0 Å². The SMILES string of the molecule is COc1cc(Nc2nc(NC3(C)CC3)c3c(C)c(C)sc3n2)ccc1N1CCC(N(C)C)CC1. The first-order valence-electron chi connectivity index (χ1n) is 12.2. The molecule has 1 saturated carbocycles. The lowest BCUT2D eigenvalue weighted by Crippen LogP contribution is -2.42. The van der Waals surface area contributed by atoms with Crippen LogP contribution in [0.2, 0.25) is 0 Å². The maximum absolute atomic E-state index is 5.80. The molecule has 0 radical (unpaired) electrons. The largest absolute Gasteiger partial charge is 0.495 e. The molecular weight excluding hydrogens is 444 g/mol. The van der Waals surface area contributed by atoms with E-state index in [9.17, 15) is 0 Å². The van der Waals surface area contributed by atoms with Crippen molar-refractivity contribution in [2.24, 2.45) is 0 Å². The summed E-state index contributed by atoms with van der Waals surface area (Å²) in [6.07, 6.45) is 4.68. The van der Waals surface area contributed by atoms with Gasteiger partial charge in [-0.2, -0.15) is 4.98 Å². The van der Waals surface area contributed by atoms with Gasteiger partial charge in [-0.05, 0) is 78.2 Å². The Morgan fingerprint density at radius 1 is 1.15 bits per heavy atom. The number of hydrogen-bond donors (Lipinski definition) is 2. The topological polar surface area (TPSA) is 65.5 Å². The molecule has 7 nitrogen and oxygen atoms in total. The number of anilines is 4. The average molecular weight is 481 g/mol. The molecule has 2 fully saturated rings. The van der Waals surface area contributed by atoms with E-state index in [1.807, 2.05) is 0 Å². The highest BCUT2D eigenvalue weighted by atomic mass is 32.1. The van der Waals surface area contributed by atoms with Crippen molar-refractivity contribution in [2.75, 3.05) is 49.8 Å². The molecule has 2 aromatic heterocycles. The number of aromatic nitrogens is 2. The Morgan fingerprint density at radius 3 is 2.53 bits per heavy atom. The van der Waals surface area contributed by atoms with E-state index in [1.165, 1.54) is 36.1 Å². The molecule has 3 aromatic rings. The highest BCUT2D eigenvalue weighted by Gasteiger charge is 2.38. The van der Waals surface area contributed by atoms with Gasteiger partial charge in [-0.15, -0.1) is 11.3 Å². The molecule has 5 rings (SSSR count). The minimum absolute atomic E-state index is 0.145. The number of rotatable bonds is 7. The van der Waals surface area contributed by atoms with Crippen molar-refractivity contribution in [3.63, 3.8) is 0 Å². The third-order valence-corrected chi connectivity index (χ3v) is 8.52. The molecule has 1 aliphatic carbocycles. The number of thiophene rings is 1. The number of methoxy groups -OCH3 is 1. The fraction of sp³-hybridized carbons (Fsp3) is 0.538. The molecule has 1 aliphatic heterocycles. The van der Waals surface area contributed by atoms with E-state index in [0.717, 1.165) is 46.2 Å². The first-order chi connectivity index (χ1) is 16.3. The predicted octanol–water partition coefficient (Wildman–Crippen LogP) is 5.56. The summed E-state index contributed by atoms with van der Waals surface area (Å²) in [6.45, 7) is 8.65. The van der Waals surface area contributed by atoms with Gasteiger partial charge in [0.05, 0.1) is 18.2 Å². The van der Waals surface area contributed by atoms with Gasteiger partial charge in [0, 0.05) is 41.3 Å². The maximum atomic E-state index is 5.80. The standard InChI is InChI=1S/C26H36N6OS/c1-16-17(2)34-24-22(16)23(30-26(3)11-12-26)28-25(29-24)27-18-7-8-20(21(15-18)33-6)32-13-9-19(10-14-32)31(4)5/h7-8,15,19H,9-14H2,1-6H3,(H2,27,28,29,30). The third kappa shape index (κ3) is 4.53. The zero-order valence-corrected chi connectivity index (χ0v) is 22.0. The zero-order chi connectivity index (χ0) is 24.0. The molecule has 0 bridgehead atoms. The van der Waals surface area contributed by atoms with E-state index in [1.54, 1.807) is 18.4 Å². The van der Waals surface area contributed by atoms with Crippen LogP contribution < -0.4 is 20.3 Å². The average Bonchev–Trinajstić information content (AvgIpc) is 3.47. The van der Waals surface area contributed by atoms with E-state index < -0.39 is 0 Å². The Bertz CT molecular complexity index is 1190. The van der Waals surface area contributed by atoms with Crippen LogP contribution in [0.25, 0.3) is 10.2 Å². The zero-order valence-electron chi connectivity index (χ0n) is 21.2. The summed E-state index contributed by atoms with van der Waals surface area (Å²) in [4.78, 5) is 16.8. The summed E-state index contributed by atoms with van der Waals surface area (Å²) in [6, 6.07) is 6.96. The molecule has 0 unspecified atom stereocenters. The van der Waals surface area contributed by atoms with Crippen molar-refractivity contribution in [3.8, 4) is 5.75 Å². The van der Waals surface area contributed by atoms with Crippen LogP contribution in [-0.4, -0.2) is 60.7 Å². The van der Waals surface area contributed by atoms with Gasteiger partial charge in [-0.25, -0.2) is 4.98 Å². The van der Waals surface area contributed by atoms with Gasteiger partial charge in [-0.3, -0.25) is 0 Å². The van der Waals surface area contributed by atoms with E-state index in [-0.39, 0.29) is 5.54 Å². The van der Waals surface area contributed by atoms with Crippen LogP contribution in [-0.2, 0) is 0 Å². The summed E-state index contributed by atoms with van der Waals surface area (Å²) in [5.74, 6) is 2.42. The summed E-state index contributed by atoms with van der Waals surface area (Å²) < 4.78 is 5.80. The molecule has 182 valence electrons. The minimum atomic E-state index is 0.145. The highest BCUT2D eigenvalue weighted by Crippen LogP contribution is 2.42. The molecular formula is C26H36N6OS. The third-order valence-electron chi connectivity index (χ3n) is 7.42. The lowest BCUT2D eigenvalue weighted by Gasteiger charge is -2.37. The second-order valence-corrected chi connectivity index (χ2v) is 11.4. The molecule has 1 saturated heterocycles. The number of aryl methyl sites for hydroxylation is 2. The van der Waals surface area contributed by atoms with E-state index in [4.69, 9.17) is 14.7 Å². The van der Waals surface area contributed by atoms with Gasteiger partial charge in [0.1, 0.15) is 16.4 Å². The van der Waals surface area contributed by atoms with E-state index >= 15 is 0 Å². The molecule has 0 spiro atoms. The quantitative estimate of drug-likeness (QED) is 0.459. The fourth-order valence-corrected chi connectivity index (χ4v) is 5.79. The lowest BCUT2D eigenvalue weighted by atomic mass is 10.0. The van der Waals surface area contributed by atoms with Crippen LogP contribution in [0.4, 0.5) is 23.1 Å². The maximum Gasteiger partial charge on any atom is 0.230 e. The number of benzene rings is 1. The Hall–Kier alpha value is -2.58. The Labute approximate surface area is 206 Å². The number of nitrogens with one attached hydrogen (secondary N) is 2. The second-order valence-electron chi connectivity index (χ2n) is 10.2. The summed E-state index contributed by atoms with van der Waals surface area (Å²) in [5.41, 5.74) is 3.49. The van der Waals surface area contributed by atoms with Gasteiger partial charge in [-0.1, -0.05) is 0 Å². The van der Waals surface area contributed by atoms with Crippen LogP contribution in [0.1, 0.15) is 43.0 Å². The normalized spacial score (nSPS) is 17.9. The van der Waals surface area contributed by atoms with Crippen molar-refractivity contribution in [1.82, 2.24) is 14.9 Å². The van der Waals surface area contributed by atoms with Crippen molar-refractivity contribution < 1.29 is 4.74 Å². The monoisotopic (exact) mass is 480 g/mol. The van der Waals surface area contributed by atoms with Crippen LogP contribution in [0.15, 0.2) is 18.2 Å². The van der Waals surface area contributed by atoms with Crippen LogP contribution in [0.3, 0.4) is 0 Å². The van der Waals surface area contributed by atoms with E-state index in [2.05, 4.69) is 73.5 Å². The second kappa shape index (κ2) is 8.89. The molecule has 2 N–H and O–H groups in total. The molecule has 1 aromatic carbocycles. The Balaban J connectivity index is 1.40. The van der Waals surface area contributed by atoms with Crippen molar-refractivity contribution in [1.29, 1.82) is 0 Å². The lowest BCUT2D eigenvalue weighted by molar-refractivity contribution is 0.249. The summed E-state index contributed by atoms with van der Waals surface area (Å²) >= 11 is 1.73. The van der Waals surface area contributed by atoms with Crippen LogP contribution in [0.5, 0.6) is 5.75 Å². The Kier molecular flexibility index (Phi) is 6.06. The van der Waals surface area contributed by atoms with Gasteiger partial charge < -0.3 is 25.2 Å².